The van der Waals surface area contributed by atoms with Gasteiger partial charge in [-0.1, -0.05) is 30.4 Å². The van der Waals surface area contributed by atoms with E-state index in [1.807, 2.05) is 24.3 Å². The number of hydrogen-bond acceptors (Lipinski definition) is 4. The molecule has 1 aromatic carbocycles. The molecule has 3 nitrogen and oxygen atoms in total. The maximum absolute atomic E-state index is 5.14. The quantitative estimate of drug-likeness (QED) is 0.670. The van der Waals surface area contributed by atoms with Gasteiger partial charge in [0.25, 0.3) is 0 Å². The maximum atomic E-state index is 5.14. The molecule has 0 radical (unpaired) electrons. The number of aromatic nitrogens is 2. The molecule has 0 amide bonds. The van der Waals surface area contributed by atoms with E-state index in [0.717, 1.165) is 17.3 Å². The van der Waals surface area contributed by atoms with Gasteiger partial charge in [0.05, 0.1) is 12.4 Å². The Hall–Kier alpha value is -1.17. The lowest BCUT2D eigenvalue weighted by atomic mass is 10.4. The van der Waals surface area contributed by atoms with E-state index in [4.69, 9.17) is 17.0 Å². The predicted molar refractivity (Wildman–Crippen MR) is 76.1 cm³/mol. The lowest BCUT2D eigenvalue weighted by molar-refractivity contribution is 0.181. The molecule has 0 fully saturated rings. The maximum Gasteiger partial charge on any atom is 0.130 e. The molecule has 2 aromatic rings. The first-order valence-corrected chi connectivity index (χ1v) is 6.93. The van der Waals surface area contributed by atoms with E-state index in [1.54, 1.807) is 18.9 Å². The Morgan fingerprint density at radius 2 is 2.11 bits per heavy atom. The Balaban J connectivity index is 2.07. The highest BCUT2D eigenvalue weighted by Crippen LogP contribution is 2.20. The zero-order chi connectivity index (χ0) is 12.8. The van der Waals surface area contributed by atoms with E-state index < -0.39 is 0 Å². The van der Waals surface area contributed by atoms with Crippen LogP contribution in [0.15, 0.2) is 41.3 Å². The number of thioether (sulfide) groups is 1. The molecule has 0 aliphatic carbocycles. The zero-order valence-corrected chi connectivity index (χ0v) is 11.7. The fraction of sp³-hybridized carbons (Fsp3) is 0.231. The minimum Gasteiger partial charge on any atom is -0.378 e. The van der Waals surface area contributed by atoms with Gasteiger partial charge in [0.1, 0.15) is 10.5 Å². The summed E-state index contributed by atoms with van der Waals surface area (Å²) in [5.74, 6) is 1.65. The van der Waals surface area contributed by atoms with Gasteiger partial charge in [0, 0.05) is 17.7 Å². The number of rotatable bonds is 5. The van der Waals surface area contributed by atoms with E-state index in [2.05, 4.69) is 22.1 Å². The normalized spacial score (nSPS) is 10.5. The molecule has 18 heavy (non-hydrogen) atoms. The van der Waals surface area contributed by atoms with E-state index in [1.165, 1.54) is 4.90 Å². The fourth-order valence-electron chi connectivity index (χ4n) is 1.53. The molecule has 5 heteroatoms. The van der Waals surface area contributed by atoms with Crippen LogP contribution in [0.5, 0.6) is 0 Å². The Bertz CT molecular complexity index is 554. The topological polar surface area (TPSA) is 37.9 Å². The minimum absolute atomic E-state index is 0.523. The zero-order valence-electron chi connectivity index (χ0n) is 10.1. The SMILES string of the molecule is COCc1cc(=S)nc(CSc2ccccc2)[nH]1. The smallest absolute Gasteiger partial charge is 0.130 e. The summed E-state index contributed by atoms with van der Waals surface area (Å²) in [6.45, 7) is 0.523. The average molecular weight is 278 g/mol. The number of H-pyrrole nitrogens is 1. The van der Waals surface area contributed by atoms with Crippen LogP contribution in [0.1, 0.15) is 11.5 Å². The van der Waals surface area contributed by atoms with E-state index >= 15 is 0 Å². The molecule has 0 saturated heterocycles. The highest BCUT2D eigenvalue weighted by molar-refractivity contribution is 7.98. The molecule has 1 aromatic heterocycles. The molecule has 1 heterocycles. The van der Waals surface area contributed by atoms with Gasteiger partial charge in [-0.25, -0.2) is 4.98 Å². The van der Waals surface area contributed by atoms with Crippen molar-refractivity contribution in [3.05, 3.63) is 52.6 Å². The summed E-state index contributed by atoms with van der Waals surface area (Å²) in [4.78, 5) is 8.77. The van der Waals surface area contributed by atoms with Crippen molar-refractivity contribution in [1.82, 2.24) is 9.97 Å². The Kier molecular flexibility index (Phi) is 4.92. The lowest BCUT2D eigenvalue weighted by Crippen LogP contribution is -1.99. The molecule has 0 saturated carbocycles. The van der Waals surface area contributed by atoms with Crippen molar-refractivity contribution < 1.29 is 4.74 Å². The molecule has 0 unspecified atom stereocenters. The van der Waals surface area contributed by atoms with Crippen molar-refractivity contribution in [3.63, 3.8) is 0 Å². The van der Waals surface area contributed by atoms with Crippen molar-refractivity contribution in [2.75, 3.05) is 7.11 Å². The third kappa shape index (κ3) is 3.94. The summed E-state index contributed by atoms with van der Waals surface area (Å²) >= 11 is 6.86. The van der Waals surface area contributed by atoms with Gasteiger partial charge in [0.2, 0.25) is 0 Å². The summed E-state index contributed by atoms with van der Waals surface area (Å²) in [7, 11) is 1.66. The van der Waals surface area contributed by atoms with Crippen molar-refractivity contribution in [3.8, 4) is 0 Å². The van der Waals surface area contributed by atoms with Crippen LogP contribution in [0, 0.1) is 4.64 Å². The van der Waals surface area contributed by atoms with Crippen molar-refractivity contribution in [1.29, 1.82) is 0 Å². The number of methoxy groups -OCH3 is 1. The van der Waals surface area contributed by atoms with E-state index in [9.17, 15) is 0 Å². The summed E-state index contributed by atoms with van der Waals surface area (Å²) in [6.07, 6.45) is 0. The summed E-state index contributed by atoms with van der Waals surface area (Å²) in [5, 5.41) is 0. The number of hydrogen-bond donors (Lipinski definition) is 1. The molecule has 0 atom stereocenters. The highest BCUT2D eigenvalue weighted by Gasteiger charge is 2.00. The third-order valence-electron chi connectivity index (χ3n) is 2.27. The van der Waals surface area contributed by atoms with Crippen molar-refractivity contribution in [2.24, 2.45) is 0 Å². The van der Waals surface area contributed by atoms with Gasteiger partial charge < -0.3 is 9.72 Å². The molecule has 0 spiro atoms. The standard InChI is InChI=1S/C13H14N2OS2/c1-16-8-10-7-13(17)15-12(14-10)9-18-11-5-3-2-4-6-11/h2-7H,8-9H2,1H3,(H,14,15,17). The summed E-state index contributed by atoms with van der Waals surface area (Å²) < 4.78 is 5.69. The number of nitrogens with one attached hydrogen (secondary N) is 1. The predicted octanol–water partition coefficient (Wildman–Crippen LogP) is 3.58. The van der Waals surface area contributed by atoms with Gasteiger partial charge in [-0.2, -0.15) is 0 Å². The monoisotopic (exact) mass is 278 g/mol. The van der Waals surface area contributed by atoms with Crippen molar-refractivity contribution >= 4 is 24.0 Å². The molecule has 0 aliphatic heterocycles. The highest BCUT2D eigenvalue weighted by atomic mass is 32.2. The molecule has 1 N–H and O–H groups in total. The van der Waals surface area contributed by atoms with Gasteiger partial charge >= 0.3 is 0 Å². The summed E-state index contributed by atoms with van der Waals surface area (Å²) in [5.41, 5.74) is 0.959. The number of ether oxygens (including phenoxy) is 1. The first-order valence-electron chi connectivity index (χ1n) is 5.54. The first kappa shape index (κ1) is 13.3. The van der Waals surface area contributed by atoms with Crippen LogP contribution in [-0.4, -0.2) is 17.1 Å². The average Bonchev–Trinajstić information content (AvgIpc) is 2.37. The van der Waals surface area contributed by atoms with Crippen LogP contribution in [-0.2, 0) is 17.1 Å². The van der Waals surface area contributed by atoms with Crippen molar-refractivity contribution in [2.45, 2.75) is 17.3 Å². The van der Waals surface area contributed by atoms with Gasteiger partial charge in [-0.3, -0.25) is 0 Å². The van der Waals surface area contributed by atoms with Crippen LogP contribution in [0.4, 0.5) is 0 Å². The van der Waals surface area contributed by atoms with Crippen LogP contribution in [0.2, 0.25) is 0 Å². The van der Waals surface area contributed by atoms with Crippen LogP contribution >= 0.6 is 24.0 Å². The second kappa shape index (κ2) is 6.68. The van der Waals surface area contributed by atoms with E-state index in [0.29, 0.717) is 11.2 Å². The largest absolute Gasteiger partial charge is 0.378 e. The van der Waals surface area contributed by atoms with Crippen LogP contribution in [0.25, 0.3) is 0 Å². The second-order valence-electron chi connectivity index (χ2n) is 3.73. The molecule has 0 aliphatic rings. The van der Waals surface area contributed by atoms with Gasteiger partial charge in [-0.15, -0.1) is 11.8 Å². The number of aromatic amines is 1. The molecular formula is C13H14N2OS2. The number of benzene rings is 1. The summed E-state index contributed by atoms with van der Waals surface area (Å²) in [6, 6.07) is 12.1. The minimum atomic E-state index is 0.523. The third-order valence-corrected chi connectivity index (χ3v) is 3.50. The fourth-order valence-corrected chi connectivity index (χ4v) is 2.58. The Morgan fingerprint density at radius 3 is 2.83 bits per heavy atom. The second-order valence-corrected chi connectivity index (χ2v) is 5.19. The van der Waals surface area contributed by atoms with Crippen LogP contribution in [0.3, 0.4) is 0 Å². The molecule has 0 bridgehead atoms. The van der Waals surface area contributed by atoms with Crippen LogP contribution < -0.4 is 0 Å². The lowest BCUT2D eigenvalue weighted by Gasteiger charge is -2.05. The Morgan fingerprint density at radius 1 is 1.33 bits per heavy atom. The van der Waals surface area contributed by atoms with Gasteiger partial charge in [-0.05, 0) is 18.2 Å². The molecule has 2 rings (SSSR count). The Labute approximate surface area is 116 Å². The first-order chi connectivity index (χ1) is 8.78. The molecule has 94 valence electrons. The number of nitrogens with zero attached hydrogens (tertiary/aromatic N) is 1. The van der Waals surface area contributed by atoms with E-state index in [-0.39, 0.29) is 0 Å². The molecular weight excluding hydrogens is 264 g/mol. The van der Waals surface area contributed by atoms with Gasteiger partial charge in [0.15, 0.2) is 0 Å².